The normalized spacial score (nSPS) is 20.0. The topological polar surface area (TPSA) is 32.6 Å². The van der Waals surface area contributed by atoms with Gasteiger partial charge in [-0.15, -0.1) is 11.8 Å². The number of rotatable bonds is 4. The van der Waals surface area contributed by atoms with Gasteiger partial charge in [-0.25, -0.2) is 0 Å². The molecule has 0 saturated carbocycles. The molecular formula is C8H15NOS. The zero-order chi connectivity index (χ0) is 8.10. The second-order valence-corrected chi connectivity index (χ2v) is 3.84. The van der Waals surface area contributed by atoms with Gasteiger partial charge in [0.05, 0.1) is 5.04 Å². The van der Waals surface area contributed by atoms with E-state index in [1.807, 2.05) is 0 Å². The minimum absolute atomic E-state index is 0.276. The first-order valence-electron chi connectivity index (χ1n) is 4.19. The Balaban J connectivity index is 2.23. The number of hydrogen-bond donors (Lipinski definition) is 1. The number of aliphatic hydroxyl groups excluding tert-OH is 1. The average molecular weight is 173 g/mol. The van der Waals surface area contributed by atoms with E-state index in [0.29, 0.717) is 0 Å². The van der Waals surface area contributed by atoms with E-state index >= 15 is 0 Å². The molecule has 0 aliphatic carbocycles. The van der Waals surface area contributed by atoms with Gasteiger partial charge in [0.2, 0.25) is 0 Å². The fourth-order valence-electron chi connectivity index (χ4n) is 1.07. The second kappa shape index (κ2) is 4.78. The summed E-state index contributed by atoms with van der Waals surface area (Å²) in [6.45, 7) is 3.03. The number of nitrogens with zero attached hydrogens (tertiary/aromatic N) is 1. The zero-order valence-corrected chi connectivity index (χ0v) is 7.73. The summed E-state index contributed by atoms with van der Waals surface area (Å²) < 4.78 is 0. The van der Waals surface area contributed by atoms with E-state index in [1.54, 1.807) is 11.8 Å². The van der Waals surface area contributed by atoms with Gasteiger partial charge in [0.25, 0.3) is 0 Å². The largest absolute Gasteiger partial charge is 0.386 e. The molecule has 0 fully saturated rings. The Labute approximate surface area is 72.1 Å². The van der Waals surface area contributed by atoms with Crippen LogP contribution >= 0.6 is 11.8 Å². The summed E-state index contributed by atoms with van der Waals surface area (Å²) in [6.07, 6.45) is 2.85. The fourth-order valence-corrected chi connectivity index (χ4v) is 1.96. The molecule has 0 radical (unpaired) electrons. The predicted molar refractivity (Wildman–Crippen MR) is 50.3 cm³/mol. The molecule has 1 atom stereocenters. The van der Waals surface area contributed by atoms with Crippen molar-refractivity contribution in [3.63, 3.8) is 0 Å². The molecule has 1 heterocycles. The Bertz CT molecular complexity index is 147. The molecule has 1 unspecified atom stereocenters. The molecule has 0 bridgehead atoms. The van der Waals surface area contributed by atoms with Crippen LogP contribution in [0.3, 0.4) is 0 Å². The van der Waals surface area contributed by atoms with Crippen molar-refractivity contribution in [3.8, 4) is 0 Å². The molecule has 0 saturated heterocycles. The summed E-state index contributed by atoms with van der Waals surface area (Å²) >= 11 is 1.70. The van der Waals surface area contributed by atoms with Crippen LogP contribution in [0.5, 0.6) is 0 Å². The van der Waals surface area contributed by atoms with Gasteiger partial charge in [0.1, 0.15) is 6.10 Å². The number of unbranched alkanes of at least 4 members (excludes halogenated alkanes) is 1. The molecule has 2 nitrogen and oxygen atoms in total. The standard InChI is InChI=1S/C8H15NOS/c1-2-3-4-7(10)8-9-5-6-11-8/h7,10H,2-6H2,1H3. The molecule has 64 valence electrons. The van der Waals surface area contributed by atoms with Crippen molar-refractivity contribution >= 4 is 16.8 Å². The first-order valence-corrected chi connectivity index (χ1v) is 5.18. The van der Waals surface area contributed by atoms with Crippen molar-refractivity contribution < 1.29 is 5.11 Å². The van der Waals surface area contributed by atoms with Crippen LogP contribution in [0.1, 0.15) is 26.2 Å². The lowest BCUT2D eigenvalue weighted by atomic mass is 10.2. The highest BCUT2D eigenvalue weighted by Crippen LogP contribution is 2.17. The van der Waals surface area contributed by atoms with Crippen LogP contribution in [0.4, 0.5) is 0 Å². The maximum Gasteiger partial charge on any atom is 0.102 e. The van der Waals surface area contributed by atoms with Crippen LogP contribution in [0.15, 0.2) is 4.99 Å². The molecule has 0 aromatic carbocycles. The number of thioether (sulfide) groups is 1. The second-order valence-electron chi connectivity index (χ2n) is 2.73. The quantitative estimate of drug-likeness (QED) is 0.701. The van der Waals surface area contributed by atoms with Gasteiger partial charge in [-0.2, -0.15) is 0 Å². The Morgan fingerprint density at radius 3 is 3.09 bits per heavy atom. The molecule has 0 amide bonds. The van der Waals surface area contributed by atoms with Crippen LogP contribution in [0.25, 0.3) is 0 Å². The molecule has 11 heavy (non-hydrogen) atoms. The van der Waals surface area contributed by atoms with Crippen molar-refractivity contribution in [1.29, 1.82) is 0 Å². The van der Waals surface area contributed by atoms with Crippen molar-refractivity contribution in [2.45, 2.75) is 32.3 Å². The minimum atomic E-state index is -0.276. The van der Waals surface area contributed by atoms with Crippen molar-refractivity contribution in [2.75, 3.05) is 12.3 Å². The fraction of sp³-hybridized carbons (Fsp3) is 0.875. The first-order chi connectivity index (χ1) is 5.34. The number of aliphatic hydroxyl groups is 1. The highest BCUT2D eigenvalue weighted by Gasteiger charge is 2.15. The average Bonchev–Trinajstić information content (AvgIpc) is 2.52. The molecule has 3 heteroatoms. The highest BCUT2D eigenvalue weighted by atomic mass is 32.2. The third-order valence-corrected chi connectivity index (χ3v) is 2.81. The Hall–Kier alpha value is -0.0200. The highest BCUT2D eigenvalue weighted by molar-refractivity contribution is 8.14. The van der Waals surface area contributed by atoms with Crippen LogP contribution in [-0.2, 0) is 0 Å². The molecule has 1 rings (SSSR count). The monoisotopic (exact) mass is 173 g/mol. The SMILES string of the molecule is CCCCC(O)C1=NCCS1. The first kappa shape index (κ1) is 9.07. The van der Waals surface area contributed by atoms with Crippen molar-refractivity contribution in [3.05, 3.63) is 0 Å². The van der Waals surface area contributed by atoms with Crippen LogP contribution in [0.2, 0.25) is 0 Å². The molecule has 1 aliphatic rings. The summed E-state index contributed by atoms with van der Waals surface area (Å²) in [4.78, 5) is 4.22. The summed E-state index contributed by atoms with van der Waals surface area (Å²) in [5, 5.41) is 10.5. The minimum Gasteiger partial charge on any atom is -0.386 e. The van der Waals surface area contributed by atoms with Gasteiger partial charge in [0, 0.05) is 12.3 Å². The van der Waals surface area contributed by atoms with E-state index < -0.39 is 0 Å². The smallest absolute Gasteiger partial charge is 0.102 e. The zero-order valence-electron chi connectivity index (χ0n) is 6.92. The van der Waals surface area contributed by atoms with E-state index in [2.05, 4.69) is 11.9 Å². The van der Waals surface area contributed by atoms with Gasteiger partial charge in [-0.1, -0.05) is 19.8 Å². The molecule has 1 N–H and O–H groups in total. The van der Waals surface area contributed by atoms with E-state index in [4.69, 9.17) is 0 Å². The van der Waals surface area contributed by atoms with Crippen molar-refractivity contribution in [2.24, 2.45) is 4.99 Å². The van der Waals surface area contributed by atoms with Crippen LogP contribution in [-0.4, -0.2) is 28.6 Å². The lowest BCUT2D eigenvalue weighted by Crippen LogP contribution is -2.15. The summed E-state index contributed by atoms with van der Waals surface area (Å²) in [6, 6.07) is 0. The molecule has 0 spiro atoms. The Kier molecular flexibility index (Phi) is 3.94. The maximum absolute atomic E-state index is 9.53. The summed E-state index contributed by atoms with van der Waals surface area (Å²) in [7, 11) is 0. The lowest BCUT2D eigenvalue weighted by Gasteiger charge is -2.07. The molecular weight excluding hydrogens is 158 g/mol. The van der Waals surface area contributed by atoms with Gasteiger partial charge < -0.3 is 5.11 Å². The van der Waals surface area contributed by atoms with E-state index in [0.717, 1.165) is 36.6 Å². The van der Waals surface area contributed by atoms with E-state index in [1.165, 1.54) is 0 Å². The third kappa shape index (κ3) is 2.83. The summed E-state index contributed by atoms with van der Waals surface area (Å²) in [5.41, 5.74) is 0. The van der Waals surface area contributed by atoms with E-state index in [-0.39, 0.29) is 6.10 Å². The van der Waals surface area contributed by atoms with Crippen LogP contribution < -0.4 is 0 Å². The van der Waals surface area contributed by atoms with Gasteiger partial charge in [-0.3, -0.25) is 4.99 Å². The van der Waals surface area contributed by atoms with Gasteiger partial charge in [0.15, 0.2) is 0 Å². The molecule has 1 aliphatic heterocycles. The molecule has 0 aromatic rings. The van der Waals surface area contributed by atoms with Crippen LogP contribution in [0, 0.1) is 0 Å². The van der Waals surface area contributed by atoms with Gasteiger partial charge in [-0.05, 0) is 6.42 Å². The van der Waals surface area contributed by atoms with E-state index in [9.17, 15) is 5.11 Å². The number of aliphatic imine (C=N–C) groups is 1. The van der Waals surface area contributed by atoms with Gasteiger partial charge >= 0.3 is 0 Å². The van der Waals surface area contributed by atoms with Crippen molar-refractivity contribution in [1.82, 2.24) is 0 Å². The Morgan fingerprint density at radius 1 is 1.73 bits per heavy atom. The summed E-state index contributed by atoms with van der Waals surface area (Å²) in [5.74, 6) is 1.05. The maximum atomic E-state index is 9.53. The lowest BCUT2D eigenvalue weighted by molar-refractivity contribution is 0.230. The Morgan fingerprint density at radius 2 is 2.55 bits per heavy atom. The third-order valence-electron chi connectivity index (χ3n) is 1.73. The predicted octanol–water partition coefficient (Wildman–Crippen LogP) is 1.68. The number of hydrogen-bond acceptors (Lipinski definition) is 3. The molecule has 0 aromatic heterocycles.